The Morgan fingerprint density at radius 3 is 2.47 bits per heavy atom. The summed E-state index contributed by atoms with van der Waals surface area (Å²) < 4.78 is 5.61. The van der Waals surface area contributed by atoms with Crippen molar-refractivity contribution < 1.29 is 9.94 Å². The van der Waals surface area contributed by atoms with E-state index in [9.17, 15) is 0 Å². The molecule has 2 aromatic rings. The van der Waals surface area contributed by atoms with Crippen molar-refractivity contribution >= 4 is 29.4 Å². The van der Waals surface area contributed by atoms with Crippen LogP contribution in [0.15, 0.2) is 47.6 Å². The summed E-state index contributed by atoms with van der Waals surface area (Å²) in [5.41, 5.74) is 1.66. The van der Waals surface area contributed by atoms with Crippen LogP contribution in [-0.2, 0) is 6.61 Å². The average Bonchev–Trinajstić information content (AvgIpc) is 2.40. The molecule has 0 fully saturated rings. The molecule has 0 amide bonds. The normalized spacial score (nSPS) is 10.8. The molecule has 0 saturated carbocycles. The second kappa shape index (κ2) is 6.45. The van der Waals surface area contributed by atoms with Gasteiger partial charge >= 0.3 is 0 Å². The zero-order valence-electron chi connectivity index (χ0n) is 9.88. The van der Waals surface area contributed by atoms with E-state index >= 15 is 0 Å². The van der Waals surface area contributed by atoms with Crippen LogP contribution in [0.3, 0.4) is 0 Å². The van der Waals surface area contributed by atoms with Crippen LogP contribution in [0, 0.1) is 0 Å². The maximum Gasteiger partial charge on any atom is 0.119 e. The lowest BCUT2D eigenvalue weighted by molar-refractivity contribution is 0.306. The van der Waals surface area contributed by atoms with E-state index in [2.05, 4.69) is 5.16 Å². The summed E-state index contributed by atoms with van der Waals surface area (Å²) in [6, 6.07) is 12.5. The summed E-state index contributed by atoms with van der Waals surface area (Å²) in [5, 5.41) is 12.5. The van der Waals surface area contributed by atoms with E-state index in [0.717, 1.165) is 11.1 Å². The van der Waals surface area contributed by atoms with Crippen molar-refractivity contribution in [2.24, 2.45) is 5.16 Å². The van der Waals surface area contributed by atoms with Gasteiger partial charge in [-0.25, -0.2) is 0 Å². The van der Waals surface area contributed by atoms with E-state index in [-0.39, 0.29) is 0 Å². The number of nitrogens with zero attached hydrogens (tertiary/aromatic N) is 1. The third kappa shape index (κ3) is 3.88. The molecule has 0 unspecified atom stereocenters. The van der Waals surface area contributed by atoms with Crippen LogP contribution in [0.2, 0.25) is 10.0 Å². The minimum absolute atomic E-state index is 0.365. The fourth-order valence-corrected chi connectivity index (χ4v) is 1.98. The van der Waals surface area contributed by atoms with E-state index in [4.69, 9.17) is 33.1 Å². The maximum atomic E-state index is 8.41. The first-order chi connectivity index (χ1) is 9.19. The number of oxime groups is 1. The van der Waals surface area contributed by atoms with Crippen molar-refractivity contribution in [3.63, 3.8) is 0 Å². The summed E-state index contributed by atoms with van der Waals surface area (Å²) in [7, 11) is 0. The lowest BCUT2D eigenvalue weighted by Crippen LogP contribution is -1.96. The van der Waals surface area contributed by atoms with Crippen molar-refractivity contribution in [3.8, 4) is 5.75 Å². The van der Waals surface area contributed by atoms with Crippen molar-refractivity contribution in [1.82, 2.24) is 0 Å². The van der Waals surface area contributed by atoms with Gasteiger partial charge in [-0.05, 0) is 42.0 Å². The maximum absolute atomic E-state index is 8.41. The Morgan fingerprint density at radius 2 is 1.84 bits per heavy atom. The van der Waals surface area contributed by atoms with Gasteiger partial charge in [0.1, 0.15) is 12.4 Å². The Balaban J connectivity index is 2.02. The molecule has 2 aromatic carbocycles. The van der Waals surface area contributed by atoms with E-state index in [1.54, 1.807) is 36.4 Å². The second-order valence-electron chi connectivity index (χ2n) is 3.84. The lowest BCUT2D eigenvalue weighted by atomic mass is 10.2. The van der Waals surface area contributed by atoms with Crippen LogP contribution >= 0.6 is 23.2 Å². The second-order valence-corrected chi connectivity index (χ2v) is 4.68. The quantitative estimate of drug-likeness (QED) is 0.517. The van der Waals surface area contributed by atoms with Gasteiger partial charge in [0.25, 0.3) is 0 Å². The van der Waals surface area contributed by atoms with Crippen molar-refractivity contribution in [2.45, 2.75) is 6.61 Å². The molecule has 2 rings (SSSR count). The third-order valence-electron chi connectivity index (χ3n) is 2.50. The number of ether oxygens (including phenoxy) is 1. The minimum atomic E-state index is 0.365. The van der Waals surface area contributed by atoms with Gasteiger partial charge in [0.15, 0.2) is 0 Å². The van der Waals surface area contributed by atoms with Crippen molar-refractivity contribution in [3.05, 3.63) is 63.6 Å². The monoisotopic (exact) mass is 295 g/mol. The Labute approximate surface area is 121 Å². The number of hydrogen-bond donors (Lipinski definition) is 1. The summed E-state index contributed by atoms with van der Waals surface area (Å²) >= 11 is 11.9. The van der Waals surface area contributed by atoms with Gasteiger partial charge < -0.3 is 9.94 Å². The van der Waals surface area contributed by atoms with Gasteiger partial charge in [-0.1, -0.05) is 34.4 Å². The standard InChI is InChI=1S/C14H11Cl2NO2/c15-12-4-3-11(14(16)7-12)9-19-13-5-1-10(2-6-13)8-17-18/h1-8,18H,9H2/b17-8+. The largest absolute Gasteiger partial charge is 0.489 e. The molecule has 1 N–H and O–H groups in total. The number of halogens is 2. The van der Waals surface area contributed by atoms with E-state index in [1.807, 2.05) is 6.07 Å². The van der Waals surface area contributed by atoms with E-state index in [0.29, 0.717) is 22.4 Å². The molecule has 0 bridgehead atoms. The number of hydrogen-bond acceptors (Lipinski definition) is 3. The fourth-order valence-electron chi connectivity index (χ4n) is 1.52. The highest BCUT2D eigenvalue weighted by Crippen LogP contribution is 2.22. The highest BCUT2D eigenvalue weighted by atomic mass is 35.5. The predicted octanol–water partition coefficient (Wildman–Crippen LogP) is 4.38. The molecular weight excluding hydrogens is 285 g/mol. The van der Waals surface area contributed by atoms with E-state index < -0.39 is 0 Å². The molecular formula is C14H11Cl2NO2. The average molecular weight is 296 g/mol. The molecule has 0 aromatic heterocycles. The summed E-state index contributed by atoms with van der Waals surface area (Å²) in [4.78, 5) is 0. The van der Waals surface area contributed by atoms with Crippen LogP contribution in [0.25, 0.3) is 0 Å². The first-order valence-corrected chi connectivity index (χ1v) is 6.29. The molecule has 98 valence electrons. The van der Waals surface area contributed by atoms with Crippen LogP contribution < -0.4 is 4.74 Å². The van der Waals surface area contributed by atoms with Gasteiger partial charge in [0.05, 0.1) is 6.21 Å². The first-order valence-electron chi connectivity index (χ1n) is 5.53. The van der Waals surface area contributed by atoms with Crippen LogP contribution in [0.1, 0.15) is 11.1 Å². The Bertz CT molecular complexity index is 582. The summed E-state index contributed by atoms with van der Waals surface area (Å²) in [6.45, 7) is 0.365. The molecule has 3 nitrogen and oxygen atoms in total. The van der Waals surface area contributed by atoms with Crippen LogP contribution in [-0.4, -0.2) is 11.4 Å². The molecule has 19 heavy (non-hydrogen) atoms. The summed E-state index contributed by atoms with van der Waals surface area (Å²) in [5.74, 6) is 0.709. The van der Waals surface area contributed by atoms with Crippen molar-refractivity contribution in [1.29, 1.82) is 0 Å². The third-order valence-corrected chi connectivity index (χ3v) is 3.08. The molecule has 0 aliphatic rings. The molecule has 0 atom stereocenters. The summed E-state index contributed by atoms with van der Waals surface area (Å²) in [6.07, 6.45) is 1.35. The molecule has 0 aliphatic carbocycles. The van der Waals surface area contributed by atoms with Crippen LogP contribution in [0.4, 0.5) is 0 Å². The Morgan fingerprint density at radius 1 is 1.11 bits per heavy atom. The van der Waals surface area contributed by atoms with Gasteiger partial charge in [-0.3, -0.25) is 0 Å². The Kier molecular flexibility index (Phi) is 4.66. The van der Waals surface area contributed by atoms with Gasteiger partial charge in [-0.2, -0.15) is 0 Å². The van der Waals surface area contributed by atoms with Gasteiger partial charge in [0.2, 0.25) is 0 Å². The van der Waals surface area contributed by atoms with Crippen LogP contribution in [0.5, 0.6) is 5.75 Å². The number of benzene rings is 2. The van der Waals surface area contributed by atoms with E-state index in [1.165, 1.54) is 6.21 Å². The Hall–Kier alpha value is -1.71. The van der Waals surface area contributed by atoms with Gasteiger partial charge in [-0.15, -0.1) is 0 Å². The highest BCUT2D eigenvalue weighted by molar-refractivity contribution is 6.35. The lowest BCUT2D eigenvalue weighted by Gasteiger charge is -2.08. The zero-order chi connectivity index (χ0) is 13.7. The SMILES string of the molecule is O/N=C/c1ccc(OCc2ccc(Cl)cc2Cl)cc1. The molecule has 0 radical (unpaired) electrons. The van der Waals surface area contributed by atoms with Gasteiger partial charge in [0, 0.05) is 15.6 Å². The molecule has 0 heterocycles. The minimum Gasteiger partial charge on any atom is -0.489 e. The molecule has 5 heteroatoms. The number of rotatable bonds is 4. The first kappa shape index (κ1) is 13.7. The zero-order valence-corrected chi connectivity index (χ0v) is 11.4. The smallest absolute Gasteiger partial charge is 0.119 e. The molecule has 0 aliphatic heterocycles. The topological polar surface area (TPSA) is 41.8 Å². The molecule has 0 spiro atoms. The predicted molar refractivity (Wildman–Crippen MR) is 76.6 cm³/mol. The van der Waals surface area contributed by atoms with Crippen molar-refractivity contribution in [2.75, 3.05) is 0 Å². The highest BCUT2D eigenvalue weighted by Gasteiger charge is 2.02. The molecule has 0 saturated heterocycles. The fraction of sp³-hybridized carbons (Fsp3) is 0.0714.